The quantitative estimate of drug-likeness (QED) is 0.762. The van der Waals surface area contributed by atoms with E-state index in [9.17, 15) is 0 Å². The molecule has 1 aromatic rings. The lowest BCUT2D eigenvalue weighted by molar-refractivity contribution is 0.277. The van der Waals surface area contributed by atoms with Crippen LogP contribution in [0.5, 0.6) is 5.75 Å². The van der Waals surface area contributed by atoms with Crippen LogP contribution in [0.25, 0.3) is 0 Å². The Labute approximate surface area is 117 Å². The molecule has 0 radical (unpaired) electrons. The van der Waals surface area contributed by atoms with Crippen LogP contribution in [0.15, 0.2) is 24.3 Å². The molecule has 1 fully saturated rings. The van der Waals surface area contributed by atoms with E-state index < -0.39 is 0 Å². The van der Waals surface area contributed by atoms with Crippen molar-refractivity contribution < 1.29 is 4.74 Å². The molecule has 0 spiro atoms. The van der Waals surface area contributed by atoms with Gasteiger partial charge in [0.1, 0.15) is 5.75 Å². The Hall–Kier alpha value is -1.02. The summed E-state index contributed by atoms with van der Waals surface area (Å²) in [6.07, 6.45) is 6.83. The van der Waals surface area contributed by atoms with Gasteiger partial charge in [-0.15, -0.1) is 0 Å². The zero-order valence-corrected chi connectivity index (χ0v) is 12.6. The van der Waals surface area contributed by atoms with Crippen molar-refractivity contribution in [2.45, 2.75) is 38.0 Å². The predicted molar refractivity (Wildman–Crippen MR) is 80.9 cm³/mol. The van der Waals surface area contributed by atoms with E-state index in [-0.39, 0.29) is 0 Å². The first-order chi connectivity index (χ1) is 9.20. The number of hydrogen-bond donors (Lipinski definition) is 0. The van der Waals surface area contributed by atoms with E-state index in [1.54, 1.807) is 7.11 Å². The highest BCUT2D eigenvalue weighted by molar-refractivity contribution is 5.31. The number of hydrogen-bond acceptors (Lipinski definition) is 2. The van der Waals surface area contributed by atoms with Crippen molar-refractivity contribution in [1.29, 1.82) is 0 Å². The van der Waals surface area contributed by atoms with Gasteiger partial charge in [-0.25, -0.2) is 0 Å². The Bertz CT molecular complexity index is 389. The van der Waals surface area contributed by atoms with Crippen LogP contribution in [0.4, 0.5) is 0 Å². The van der Waals surface area contributed by atoms with Crippen molar-refractivity contribution >= 4 is 0 Å². The lowest BCUT2D eigenvalue weighted by atomic mass is 9.82. The fourth-order valence-corrected chi connectivity index (χ4v) is 3.38. The van der Waals surface area contributed by atoms with E-state index in [1.165, 1.54) is 44.2 Å². The number of benzene rings is 1. The molecular formula is C17H27NO. The average Bonchev–Trinajstić information content (AvgIpc) is 2.63. The van der Waals surface area contributed by atoms with Crippen LogP contribution in [-0.4, -0.2) is 32.6 Å². The van der Waals surface area contributed by atoms with Crippen LogP contribution in [0.2, 0.25) is 0 Å². The van der Waals surface area contributed by atoms with Gasteiger partial charge >= 0.3 is 0 Å². The molecule has 106 valence electrons. The minimum absolute atomic E-state index is 0.694. The Morgan fingerprint density at radius 1 is 1.16 bits per heavy atom. The topological polar surface area (TPSA) is 12.5 Å². The Kier molecular flexibility index (Phi) is 5.26. The summed E-state index contributed by atoms with van der Waals surface area (Å²) < 4.78 is 5.38. The summed E-state index contributed by atoms with van der Waals surface area (Å²) in [7, 11) is 6.13. The van der Waals surface area contributed by atoms with E-state index in [0.717, 1.165) is 11.7 Å². The molecule has 1 unspecified atom stereocenters. The highest BCUT2D eigenvalue weighted by Gasteiger charge is 2.25. The van der Waals surface area contributed by atoms with E-state index >= 15 is 0 Å². The van der Waals surface area contributed by atoms with Gasteiger partial charge in [0.05, 0.1) is 7.11 Å². The van der Waals surface area contributed by atoms with E-state index in [0.29, 0.717) is 5.92 Å². The zero-order chi connectivity index (χ0) is 13.7. The van der Waals surface area contributed by atoms with Gasteiger partial charge in [-0.2, -0.15) is 0 Å². The normalized spacial score (nSPS) is 24.2. The molecule has 1 aliphatic rings. The third-order valence-electron chi connectivity index (χ3n) is 4.28. The molecule has 0 N–H and O–H groups in total. The van der Waals surface area contributed by atoms with Crippen molar-refractivity contribution in [3.05, 3.63) is 29.8 Å². The van der Waals surface area contributed by atoms with Gasteiger partial charge in [-0.05, 0) is 56.5 Å². The molecule has 19 heavy (non-hydrogen) atoms. The van der Waals surface area contributed by atoms with Gasteiger partial charge in [0.15, 0.2) is 0 Å². The van der Waals surface area contributed by atoms with Gasteiger partial charge in [-0.3, -0.25) is 0 Å². The summed E-state index contributed by atoms with van der Waals surface area (Å²) in [4.78, 5) is 2.34. The third kappa shape index (κ3) is 3.97. The Morgan fingerprint density at radius 2 is 1.95 bits per heavy atom. The van der Waals surface area contributed by atoms with Crippen LogP contribution in [0.1, 0.15) is 43.6 Å². The first kappa shape index (κ1) is 14.4. The largest absolute Gasteiger partial charge is 0.497 e. The predicted octanol–water partition coefficient (Wildman–Crippen LogP) is 3.92. The molecule has 1 aromatic carbocycles. The fraction of sp³-hybridized carbons (Fsp3) is 0.647. The average molecular weight is 261 g/mol. The maximum atomic E-state index is 5.38. The van der Waals surface area contributed by atoms with E-state index in [1.807, 2.05) is 6.07 Å². The minimum atomic E-state index is 0.694. The number of rotatable bonds is 4. The first-order valence-corrected chi connectivity index (χ1v) is 7.49. The van der Waals surface area contributed by atoms with Crippen molar-refractivity contribution in [2.75, 3.05) is 27.7 Å². The SMILES string of the molecule is COc1cccc(C2CCCCC[C@@H]2CN(C)C)c1. The molecule has 0 amide bonds. The summed E-state index contributed by atoms with van der Waals surface area (Å²) in [5.41, 5.74) is 1.47. The van der Waals surface area contributed by atoms with Crippen molar-refractivity contribution in [3.63, 3.8) is 0 Å². The Morgan fingerprint density at radius 3 is 2.68 bits per heavy atom. The van der Waals surface area contributed by atoms with Gasteiger partial charge in [0, 0.05) is 6.54 Å². The molecule has 0 bridgehead atoms. The second-order valence-corrected chi connectivity index (χ2v) is 6.04. The van der Waals surface area contributed by atoms with Crippen molar-refractivity contribution in [2.24, 2.45) is 5.92 Å². The number of ether oxygens (including phenoxy) is 1. The Balaban J connectivity index is 2.20. The molecule has 0 aromatic heterocycles. The van der Waals surface area contributed by atoms with Crippen LogP contribution >= 0.6 is 0 Å². The summed E-state index contributed by atoms with van der Waals surface area (Å²) in [5.74, 6) is 2.47. The molecule has 0 saturated heterocycles. The zero-order valence-electron chi connectivity index (χ0n) is 12.6. The fourth-order valence-electron chi connectivity index (χ4n) is 3.38. The monoisotopic (exact) mass is 261 g/mol. The highest BCUT2D eigenvalue weighted by Crippen LogP contribution is 2.37. The van der Waals surface area contributed by atoms with Crippen molar-refractivity contribution in [1.82, 2.24) is 4.90 Å². The summed E-state index contributed by atoms with van der Waals surface area (Å²) in [5, 5.41) is 0. The first-order valence-electron chi connectivity index (χ1n) is 7.49. The maximum Gasteiger partial charge on any atom is 0.119 e. The van der Waals surface area contributed by atoms with Gasteiger partial charge in [0.25, 0.3) is 0 Å². The molecule has 2 nitrogen and oxygen atoms in total. The van der Waals surface area contributed by atoms with Crippen LogP contribution < -0.4 is 4.74 Å². The molecule has 2 rings (SSSR count). The van der Waals surface area contributed by atoms with Gasteiger partial charge < -0.3 is 9.64 Å². The smallest absolute Gasteiger partial charge is 0.119 e. The lowest BCUT2D eigenvalue weighted by Gasteiger charge is -2.28. The number of nitrogens with zero attached hydrogens (tertiary/aromatic N) is 1. The van der Waals surface area contributed by atoms with Crippen molar-refractivity contribution in [3.8, 4) is 5.75 Å². The molecule has 2 heteroatoms. The summed E-state index contributed by atoms with van der Waals surface area (Å²) in [6.45, 7) is 1.20. The van der Waals surface area contributed by atoms with E-state index in [4.69, 9.17) is 4.74 Å². The van der Waals surface area contributed by atoms with E-state index in [2.05, 4.69) is 37.2 Å². The molecular weight excluding hydrogens is 234 g/mol. The highest BCUT2D eigenvalue weighted by atomic mass is 16.5. The molecule has 1 aliphatic carbocycles. The van der Waals surface area contributed by atoms with Crippen LogP contribution in [-0.2, 0) is 0 Å². The third-order valence-corrected chi connectivity index (χ3v) is 4.28. The van der Waals surface area contributed by atoms with Gasteiger partial charge in [-0.1, -0.05) is 31.4 Å². The minimum Gasteiger partial charge on any atom is -0.497 e. The molecule has 2 atom stereocenters. The molecule has 0 heterocycles. The molecule has 1 saturated carbocycles. The number of methoxy groups -OCH3 is 1. The standard InChI is InChI=1S/C17H27NO/c1-18(2)13-15-8-5-4-6-11-17(15)14-9-7-10-16(12-14)19-3/h7,9-10,12,15,17H,4-6,8,11,13H2,1-3H3/t15-,17?/m1/s1. The molecule has 0 aliphatic heterocycles. The second-order valence-electron chi connectivity index (χ2n) is 6.04. The van der Waals surface area contributed by atoms with Crippen LogP contribution in [0, 0.1) is 5.92 Å². The summed E-state index contributed by atoms with van der Waals surface area (Å²) >= 11 is 0. The van der Waals surface area contributed by atoms with Gasteiger partial charge in [0.2, 0.25) is 0 Å². The second kappa shape index (κ2) is 6.95. The summed E-state index contributed by atoms with van der Waals surface area (Å²) in [6, 6.07) is 8.69. The van der Waals surface area contributed by atoms with Crippen LogP contribution in [0.3, 0.4) is 0 Å². The maximum absolute atomic E-state index is 5.38. The lowest BCUT2D eigenvalue weighted by Crippen LogP contribution is -2.26.